The monoisotopic (exact) mass is 401 g/mol. The fourth-order valence-corrected chi connectivity index (χ4v) is 2.39. The van der Waals surface area contributed by atoms with Gasteiger partial charge in [0.2, 0.25) is 0 Å². The Labute approximate surface area is 171 Å². The van der Waals surface area contributed by atoms with Gasteiger partial charge in [-0.15, -0.1) is 6.58 Å². The normalized spacial score (nSPS) is 17.7. The Morgan fingerprint density at radius 2 is 1.96 bits per heavy atom. The summed E-state index contributed by atoms with van der Waals surface area (Å²) >= 11 is 5.93. The molecule has 158 valence electrons. The number of rotatable bonds is 3. The van der Waals surface area contributed by atoms with Crippen LogP contribution < -0.4 is 5.32 Å². The summed E-state index contributed by atoms with van der Waals surface area (Å²) in [6, 6.07) is 0.166. The first-order valence-corrected chi connectivity index (χ1v) is 10.2. The summed E-state index contributed by atoms with van der Waals surface area (Å²) < 4.78 is 5.44. The minimum atomic E-state index is -0.468. The Hall–Kier alpha value is -1.49. The van der Waals surface area contributed by atoms with Crippen molar-refractivity contribution in [1.82, 2.24) is 10.2 Å². The van der Waals surface area contributed by atoms with Gasteiger partial charge < -0.3 is 15.0 Å². The zero-order chi connectivity index (χ0) is 21.5. The van der Waals surface area contributed by atoms with Gasteiger partial charge in [0, 0.05) is 30.7 Å². The summed E-state index contributed by atoms with van der Waals surface area (Å²) in [6.45, 7) is 20.7. The quantitative estimate of drug-likeness (QED) is 0.371. The van der Waals surface area contributed by atoms with Crippen LogP contribution in [0.2, 0.25) is 0 Å². The van der Waals surface area contributed by atoms with E-state index in [-0.39, 0.29) is 12.1 Å². The highest BCUT2D eigenvalue weighted by Crippen LogP contribution is 2.15. The minimum Gasteiger partial charge on any atom is -0.444 e. The highest BCUT2D eigenvalue weighted by atomic mass is 35.5. The van der Waals surface area contributed by atoms with Crippen LogP contribution in [0, 0.1) is 0 Å². The van der Waals surface area contributed by atoms with Gasteiger partial charge in [-0.25, -0.2) is 4.79 Å². The second-order valence-electron chi connectivity index (χ2n) is 6.91. The van der Waals surface area contributed by atoms with Crippen molar-refractivity contribution in [2.75, 3.05) is 19.6 Å². The van der Waals surface area contributed by atoms with Gasteiger partial charge in [-0.1, -0.05) is 31.5 Å². The van der Waals surface area contributed by atoms with E-state index in [1.54, 1.807) is 11.0 Å². The molecule has 6 heteroatoms. The van der Waals surface area contributed by atoms with Gasteiger partial charge in [0.1, 0.15) is 11.4 Å². The van der Waals surface area contributed by atoms with Gasteiger partial charge in [0.15, 0.2) is 0 Å². The molecule has 0 saturated carbocycles. The van der Waals surface area contributed by atoms with Gasteiger partial charge in [-0.2, -0.15) is 0 Å². The van der Waals surface area contributed by atoms with Crippen molar-refractivity contribution in [3.63, 3.8) is 0 Å². The van der Waals surface area contributed by atoms with Crippen LogP contribution in [0.3, 0.4) is 0 Å². The summed E-state index contributed by atoms with van der Waals surface area (Å²) in [7, 11) is 0. The first kappa shape index (κ1) is 27.7. The number of likely N-dealkylation sites (tertiary alicyclic amines) is 1. The molecule has 27 heavy (non-hydrogen) atoms. The average Bonchev–Trinajstić information content (AvgIpc) is 2.56. The third-order valence-corrected chi connectivity index (χ3v) is 3.20. The maximum absolute atomic E-state index is 12.2. The molecule has 0 spiro atoms. The average molecular weight is 402 g/mol. The van der Waals surface area contributed by atoms with E-state index in [9.17, 15) is 4.79 Å². The molecule has 0 radical (unpaired) electrons. The largest absolute Gasteiger partial charge is 0.444 e. The van der Waals surface area contributed by atoms with Gasteiger partial charge in [0.25, 0.3) is 0 Å². The second kappa shape index (κ2) is 15.6. The predicted molar refractivity (Wildman–Crippen MR) is 119 cm³/mol. The van der Waals surface area contributed by atoms with Gasteiger partial charge in [0.05, 0.1) is 0 Å². The molecule has 0 bridgehead atoms. The molecule has 0 aromatic heterocycles. The summed E-state index contributed by atoms with van der Waals surface area (Å²) in [5, 5.41) is 4.06. The molecule has 5 nitrogen and oxygen atoms in total. The lowest BCUT2D eigenvalue weighted by molar-refractivity contribution is 0.0194. The molecule has 0 aromatic carbocycles. The van der Waals surface area contributed by atoms with Crippen LogP contribution in [0.5, 0.6) is 0 Å². The fraction of sp³-hybridized carbons (Fsp3) is 0.714. The van der Waals surface area contributed by atoms with Gasteiger partial charge in [-0.3, -0.25) is 4.99 Å². The lowest BCUT2D eigenvalue weighted by Gasteiger charge is -2.34. The van der Waals surface area contributed by atoms with Crippen LogP contribution in [0.1, 0.15) is 68.2 Å². The van der Waals surface area contributed by atoms with Crippen LogP contribution >= 0.6 is 11.6 Å². The molecule has 0 aliphatic carbocycles. The Kier molecular flexibility index (Phi) is 16.0. The summed E-state index contributed by atoms with van der Waals surface area (Å²) in [6.07, 6.45) is 5.26. The summed E-state index contributed by atoms with van der Waals surface area (Å²) in [5.41, 5.74) is -0.468. The number of nitrogens with one attached hydrogen (secondary N) is 1. The number of carbonyl (C=O) groups is 1. The Bertz CT molecular complexity index is 478. The maximum Gasteiger partial charge on any atom is 0.410 e. The van der Waals surface area contributed by atoms with Crippen LogP contribution in [0.4, 0.5) is 4.79 Å². The highest BCUT2D eigenvalue weighted by Gasteiger charge is 2.27. The molecule has 0 aromatic rings. The van der Waals surface area contributed by atoms with E-state index in [4.69, 9.17) is 16.3 Å². The van der Waals surface area contributed by atoms with Crippen LogP contribution in [-0.2, 0) is 4.74 Å². The SMILES string of the molecule is C=CC.CC.CCN=C(/C=C(\C)Cl)NC1CCCN(C(=O)OC(C)(C)C)C1. The Morgan fingerprint density at radius 1 is 1.41 bits per heavy atom. The van der Waals surface area contributed by atoms with Crippen molar-refractivity contribution in [3.8, 4) is 0 Å². The molecule has 1 saturated heterocycles. The lowest BCUT2D eigenvalue weighted by Crippen LogP contribution is -2.50. The van der Waals surface area contributed by atoms with E-state index in [1.165, 1.54) is 0 Å². The Morgan fingerprint density at radius 3 is 2.41 bits per heavy atom. The van der Waals surface area contributed by atoms with Crippen LogP contribution in [-0.4, -0.2) is 48.1 Å². The molecule has 1 fully saturated rings. The summed E-state index contributed by atoms with van der Waals surface area (Å²) in [4.78, 5) is 18.3. The third kappa shape index (κ3) is 15.3. The van der Waals surface area contributed by atoms with E-state index in [0.717, 1.165) is 25.2 Å². The molecule has 1 aliphatic heterocycles. The third-order valence-electron chi connectivity index (χ3n) is 3.09. The number of nitrogens with zero attached hydrogens (tertiary/aromatic N) is 2. The van der Waals surface area contributed by atoms with Crippen molar-refractivity contribution in [3.05, 3.63) is 23.8 Å². The molecular formula is C21H40ClN3O2. The van der Waals surface area contributed by atoms with Crippen molar-refractivity contribution in [2.45, 2.75) is 79.9 Å². The van der Waals surface area contributed by atoms with Crippen molar-refractivity contribution >= 4 is 23.5 Å². The van der Waals surface area contributed by atoms with Crippen molar-refractivity contribution in [2.24, 2.45) is 4.99 Å². The molecule has 1 atom stereocenters. The number of halogens is 1. The van der Waals surface area contributed by atoms with Crippen molar-refractivity contribution in [1.29, 1.82) is 0 Å². The van der Waals surface area contributed by atoms with Gasteiger partial charge >= 0.3 is 6.09 Å². The molecule has 1 rings (SSSR count). The smallest absolute Gasteiger partial charge is 0.410 e. The van der Waals surface area contributed by atoms with Crippen LogP contribution in [0.15, 0.2) is 28.8 Å². The van der Waals surface area contributed by atoms with E-state index in [2.05, 4.69) is 16.9 Å². The van der Waals surface area contributed by atoms with E-state index in [0.29, 0.717) is 18.1 Å². The zero-order valence-corrected chi connectivity index (χ0v) is 19.3. The topological polar surface area (TPSA) is 53.9 Å². The molecule has 1 N–H and O–H groups in total. The highest BCUT2D eigenvalue weighted by molar-refractivity contribution is 6.30. The van der Waals surface area contributed by atoms with E-state index in [1.807, 2.05) is 61.5 Å². The number of piperidine rings is 1. The van der Waals surface area contributed by atoms with Gasteiger partial charge in [-0.05, 0) is 60.5 Å². The molecule has 1 amide bonds. The Balaban J connectivity index is 0. The van der Waals surface area contributed by atoms with E-state index >= 15 is 0 Å². The zero-order valence-electron chi connectivity index (χ0n) is 18.6. The number of carbonyl (C=O) groups excluding carboxylic acids is 1. The molecular weight excluding hydrogens is 362 g/mol. The standard InChI is InChI=1S/C16H28ClN3O2.C3H6.C2H6/c1-6-18-14(10-12(2)17)19-13-8-7-9-20(11-13)15(21)22-16(3,4)5;1-3-2;1-2/h10,13H,6-9,11H2,1-5H3,(H,18,19);3H,1H2,2H3;1-2H3/b12-10+;;. The number of amides is 1. The number of amidine groups is 1. The molecule has 1 unspecified atom stereocenters. The number of hydrogen-bond donors (Lipinski definition) is 1. The maximum atomic E-state index is 12.2. The molecule has 1 aliphatic rings. The van der Waals surface area contributed by atoms with Crippen LogP contribution in [0.25, 0.3) is 0 Å². The predicted octanol–water partition coefficient (Wildman–Crippen LogP) is 5.76. The van der Waals surface area contributed by atoms with E-state index < -0.39 is 5.60 Å². The number of aliphatic imine (C=N–C) groups is 1. The second-order valence-corrected chi connectivity index (χ2v) is 7.50. The fourth-order valence-electron chi connectivity index (χ4n) is 2.29. The number of allylic oxidation sites excluding steroid dienone is 2. The first-order valence-electron chi connectivity index (χ1n) is 9.82. The van der Waals surface area contributed by atoms with Crippen molar-refractivity contribution < 1.29 is 9.53 Å². The number of hydrogen-bond acceptors (Lipinski definition) is 3. The minimum absolute atomic E-state index is 0.166. The first-order chi connectivity index (χ1) is 12.6. The lowest BCUT2D eigenvalue weighted by atomic mass is 10.1. The number of ether oxygens (including phenoxy) is 1. The summed E-state index contributed by atoms with van der Waals surface area (Å²) in [5.74, 6) is 0.769. The molecule has 1 heterocycles.